The molecule has 1 fully saturated rings. The van der Waals surface area contributed by atoms with Crippen molar-refractivity contribution in [2.75, 3.05) is 14.1 Å². The molecule has 2 unspecified atom stereocenters. The predicted molar refractivity (Wildman–Crippen MR) is 81.7 cm³/mol. The number of hydrazine groups is 1. The highest BCUT2D eigenvalue weighted by molar-refractivity contribution is 5.47. The standard InChI is InChI=1S/C17H16N6/c1-23(2)22-15-8-14(13-6-4-3-5-7-13)16(9-18,10-19)17(15,11-20)12-21/h3-7,14-15,22H,8H2,1-2H3. The summed E-state index contributed by atoms with van der Waals surface area (Å²) in [6.45, 7) is 0. The third kappa shape index (κ3) is 2.23. The van der Waals surface area contributed by atoms with Crippen LogP contribution in [0.2, 0.25) is 0 Å². The zero-order chi connectivity index (χ0) is 17.1. The molecule has 6 heteroatoms. The highest BCUT2D eigenvalue weighted by Gasteiger charge is 2.69. The lowest BCUT2D eigenvalue weighted by molar-refractivity contribution is 0.183. The number of nitrogens with one attached hydrogen (secondary N) is 1. The molecule has 1 N–H and O–H groups in total. The topological polar surface area (TPSA) is 110 Å². The van der Waals surface area contributed by atoms with Crippen molar-refractivity contribution in [2.24, 2.45) is 10.8 Å². The average molecular weight is 304 g/mol. The van der Waals surface area contributed by atoms with E-state index in [1.165, 1.54) is 0 Å². The Kier molecular flexibility index (Phi) is 4.35. The second-order valence-corrected chi connectivity index (χ2v) is 5.84. The van der Waals surface area contributed by atoms with Crippen LogP contribution in [0.15, 0.2) is 30.3 Å². The summed E-state index contributed by atoms with van der Waals surface area (Å²) in [5.74, 6) is -0.518. The van der Waals surface area contributed by atoms with Crippen LogP contribution in [0.3, 0.4) is 0 Å². The van der Waals surface area contributed by atoms with Gasteiger partial charge in [-0.05, 0) is 12.0 Å². The molecule has 2 atom stereocenters. The van der Waals surface area contributed by atoms with Gasteiger partial charge in [-0.25, -0.2) is 5.43 Å². The Labute approximate surface area is 135 Å². The second kappa shape index (κ2) is 6.07. The molecule has 0 radical (unpaired) electrons. The number of benzene rings is 1. The first-order chi connectivity index (χ1) is 11.0. The fourth-order valence-electron chi connectivity index (χ4n) is 3.39. The Balaban J connectivity index is 2.68. The number of hydrogen-bond acceptors (Lipinski definition) is 6. The molecule has 0 spiro atoms. The molecule has 1 aromatic rings. The zero-order valence-electron chi connectivity index (χ0n) is 13.0. The Hall–Kier alpha value is -2.90. The molecule has 0 amide bonds. The minimum atomic E-state index is -1.75. The van der Waals surface area contributed by atoms with Gasteiger partial charge < -0.3 is 0 Å². The van der Waals surface area contributed by atoms with Crippen molar-refractivity contribution in [1.29, 1.82) is 21.0 Å². The van der Waals surface area contributed by atoms with Crippen molar-refractivity contribution >= 4 is 0 Å². The van der Waals surface area contributed by atoms with Crippen LogP contribution >= 0.6 is 0 Å². The van der Waals surface area contributed by atoms with E-state index in [1.807, 2.05) is 54.6 Å². The maximum Gasteiger partial charge on any atom is 0.192 e. The van der Waals surface area contributed by atoms with E-state index >= 15 is 0 Å². The van der Waals surface area contributed by atoms with Gasteiger partial charge in [0.15, 0.2) is 10.8 Å². The minimum absolute atomic E-state index is 0.352. The number of hydrogen-bond donors (Lipinski definition) is 1. The Morgan fingerprint density at radius 1 is 0.957 bits per heavy atom. The summed E-state index contributed by atoms with van der Waals surface area (Å²) in [5.41, 5.74) is 0.350. The predicted octanol–water partition coefficient (Wildman–Crippen LogP) is 1.68. The van der Waals surface area contributed by atoms with Gasteiger partial charge in [0.25, 0.3) is 0 Å². The smallest absolute Gasteiger partial charge is 0.192 e. The summed E-state index contributed by atoms with van der Waals surface area (Å²) in [6, 6.07) is 16.5. The molecule has 114 valence electrons. The Morgan fingerprint density at radius 2 is 1.48 bits per heavy atom. The first kappa shape index (κ1) is 16.5. The van der Waals surface area contributed by atoms with E-state index in [1.54, 1.807) is 19.1 Å². The van der Waals surface area contributed by atoms with Crippen LogP contribution in [-0.2, 0) is 0 Å². The molecule has 0 saturated heterocycles. The van der Waals surface area contributed by atoms with Gasteiger partial charge in [0.2, 0.25) is 0 Å². The van der Waals surface area contributed by atoms with Crippen LogP contribution < -0.4 is 5.43 Å². The SMILES string of the molecule is CN(C)NC1CC(c2ccccc2)C(C#N)(C#N)C1(C#N)C#N. The van der Waals surface area contributed by atoms with E-state index in [4.69, 9.17) is 0 Å². The van der Waals surface area contributed by atoms with Crippen molar-refractivity contribution in [3.8, 4) is 24.3 Å². The fourth-order valence-corrected chi connectivity index (χ4v) is 3.39. The van der Waals surface area contributed by atoms with Gasteiger partial charge in [-0.15, -0.1) is 0 Å². The molecule has 0 aromatic heterocycles. The normalized spacial score (nSPS) is 24.1. The lowest BCUT2D eigenvalue weighted by Crippen LogP contribution is -2.51. The van der Waals surface area contributed by atoms with Crippen molar-refractivity contribution in [1.82, 2.24) is 10.4 Å². The highest BCUT2D eigenvalue weighted by atomic mass is 15.5. The Morgan fingerprint density at radius 3 is 1.91 bits per heavy atom. The molecular formula is C17H16N6. The third-order valence-corrected chi connectivity index (χ3v) is 4.46. The van der Waals surface area contributed by atoms with Gasteiger partial charge in [-0.3, -0.25) is 5.01 Å². The quantitative estimate of drug-likeness (QED) is 0.850. The second-order valence-electron chi connectivity index (χ2n) is 5.84. The summed E-state index contributed by atoms with van der Waals surface area (Å²) in [4.78, 5) is 0. The first-order valence-electron chi connectivity index (χ1n) is 7.14. The van der Waals surface area contributed by atoms with Crippen LogP contribution in [0, 0.1) is 56.2 Å². The van der Waals surface area contributed by atoms with Crippen LogP contribution in [0.25, 0.3) is 0 Å². The lowest BCUT2D eigenvalue weighted by atomic mass is 9.63. The molecule has 0 bridgehead atoms. The lowest BCUT2D eigenvalue weighted by Gasteiger charge is -2.32. The molecule has 0 heterocycles. The number of nitriles is 4. The summed E-state index contributed by atoms with van der Waals surface area (Å²) >= 11 is 0. The van der Waals surface area contributed by atoms with Crippen LogP contribution in [0.5, 0.6) is 0 Å². The molecule has 1 aromatic carbocycles. The monoisotopic (exact) mass is 304 g/mol. The van der Waals surface area contributed by atoms with E-state index < -0.39 is 22.8 Å². The molecular weight excluding hydrogens is 288 g/mol. The van der Waals surface area contributed by atoms with Gasteiger partial charge in [0.05, 0.1) is 30.3 Å². The maximum absolute atomic E-state index is 9.78. The summed E-state index contributed by atoms with van der Waals surface area (Å²) in [7, 11) is 3.49. The summed E-state index contributed by atoms with van der Waals surface area (Å²) in [6.07, 6.45) is 0.352. The third-order valence-electron chi connectivity index (χ3n) is 4.46. The largest absolute Gasteiger partial charge is 0.250 e. The van der Waals surface area contributed by atoms with E-state index in [2.05, 4.69) is 5.43 Å². The Bertz CT molecular complexity index is 713. The van der Waals surface area contributed by atoms with Crippen molar-refractivity contribution in [2.45, 2.75) is 18.4 Å². The molecule has 0 aliphatic heterocycles. The summed E-state index contributed by atoms with van der Waals surface area (Å²) < 4.78 is 0. The maximum atomic E-state index is 9.78. The molecule has 2 rings (SSSR count). The number of nitrogens with zero attached hydrogens (tertiary/aromatic N) is 5. The van der Waals surface area contributed by atoms with Crippen LogP contribution in [0.4, 0.5) is 0 Å². The van der Waals surface area contributed by atoms with Gasteiger partial charge in [-0.2, -0.15) is 21.0 Å². The zero-order valence-corrected chi connectivity index (χ0v) is 13.0. The molecule has 1 aliphatic rings. The first-order valence-corrected chi connectivity index (χ1v) is 7.14. The van der Waals surface area contributed by atoms with Gasteiger partial charge in [-0.1, -0.05) is 30.3 Å². The fraction of sp³-hybridized carbons (Fsp3) is 0.412. The minimum Gasteiger partial charge on any atom is -0.250 e. The molecule has 1 aliphatic carbocycles. The van der Waals surface area contributed by atoms with Gasteiger partial charge in [0.1, 0.15) is 0 Å². The van der Waals surface area contributed by atoms with E-state index in [-0.39, 0.29) is 0 Å². The molecule has 23 heavy (non-hydrogen) atoms. The number of rotatable bonds is 3. The van der Waals surface area contributed by atoms with Crippen molar-refractivity contribution < 1.29 is 0 Å². The molecule has 1 saturated carbocycles. The van der Waals surface area contributed by atoms with Gasteiger partial charge >= 0.3 is 0 Å². The molecule has 6 nitrogen and oxygen atoms in total. The van der Waals surface area contributed by atoms with E-state index in [9.17, 15) is 21.0 Å². The highest BCUT2D eigenvalue weighted by Crippen LogP contribution is 2.59. The van der Waals surface area contributed by atoms with E-state index in [0.717, 1.165) is 5.56 Å². The van der Waals surface area contributed by atoms with Crippen molar-refractivity contribution in [3.05, 3.63) is 35.9 Å². The average Bonchev–Trinajstić information content (AvgIpc) is 2.85. The van der Waals surface area contributed by atoms with Crippen molar-refractivity contribution in [3.63, 3.8) is 0 Å². The summed E-state index contributed by atoms with van der Waals surface area (Å²) in [5, 5.41) is 40.7. The van der Waals surface area contributed by atoms with Crippen LogP contribution in [0.1, 0.15) is 17.9 Å². The van der Waals surface area contributed by atoms with Gasteiger partial charge in [0, 0.05) is 20.0 Å². The van der Waals surface area contributed by atoms with E-state index in [0.29, 0.717) is 6.42 Å². The van der Waals surface area contributed by atoms with Crippen LogP contribution in [-0.4, -0.2) is 25.1 Å².